The van der Waals surface area contributed by atoms with Crippen LogP contribution in [0.1, 0.15) is 24.0 Å². The summed E-state index contributed by atoms with van der Waals surface area (Å²) in [4.78, 5) is 23.8. The van der Waals surface area contributed by atoms with E-state index in [0.29, 0.717) is 19.7 Å². The van der Waals surface area contributed by atoms with Gasteiger partial charge in [-0.2, -0.15) is 5.10 Å². The number of nitrogens with zero attached hydrogens (tertiary/aromatic N) is 5. The molecule has 0 spiro atoms. The van der Waals surface area contributed by atoms with Gasteiger partial charge in [0.1, 0.15) is 19.0 Å². The van der Waals surface area contributed by atoms with Crippen molar-refractivity contribution in [3.05, 3.63) is 53.9 Å². The number of carbonyl (C=O) groups is 1. The van der Waals surface area contributed by atoms with Crippen molar-refractivity contribution in [3.63, 3.8) is 0 Å². The lowest BCUT2D eigenvalue weighted by molar-refractivity contribution is 0.144. The van der Waals surface area contributed by atoms with Crippen LogP contribution in [-0.4, -0.2) is 45.5 Å². The molecule has 0 radical (unpaired) electrons. The molecule has 3 aromatic rings. The highest BCUT2D eigenvalue weighted by atomic mass is 16.6. The topological polar surface area (TPSA) is 88.5 Å². The van der Waals surface area contributed by atoms with Crippen LogP contribution in [0.15, 0.2) is 36.8 Å². The minimum atomic E-state index is -0.395. The normalized spacial score (nSPS) is 13.0. The number of nitrogens with one attached hydrogen (secondary N) is 1. The van der Waals surface area contributed by atoms with Crippen molar-refractivity contribution in [2.45, 2.75) is 27.0 Å². The van der Waals surface area contributed by atoms with Gasteiger partial charge in [-0.25, -0.2) is 9.78 Å². The van der Waals surface area contributed by atoms with Crippen LogP contribution in [0.4, 0.5) is 16.2 Å². The third-order valence-corrected chi connectivity index (χ3v) is 5.11. The fraction of sp³-hybridized carbons (Fsp3) is 0.381. The monoisotopic (exact) mass is 410 g/mol. The fourth-order valence-corrected chi connectivity index (χ4v) is 3.60. The van der Waals surface area contributed by atoms with E-state index in [2.05, 4.69) is 20.0 Å². The van der Waals surface area contributed by atoms with Crippen molar-refractivity contribution in [1.82, 2.24) is 19.7 Å². The van der Waals surface area contributed by atoms with E-state index in [9.17, 15) is 4.79 Å². The molecular weight excluding hydrogens is 384 g/mol. The minimum absolute atomic E-state index is 0.173. The number of aromatic amines is 1. The number of hydrogen-bond acceptors (Lipinski definition) is 6. The Morgan fingerprint density at radius 1 is 1.37 bits per heavy atom. The predicted molar refractivity (Wildman–Crippen MR) is 113 cm³/mol. The lowest BCUT2D eigenvalue weighted by Gasteiger charge is -2.32. The zero-order valence-corrected chi connectivity index (χ0v) is 17.5. The Morgan fingerprint density at radius 3 is 2.93 bits per heavy atom. The van der Waals surface area contributed by atoms with Crippen LogP contribution in [-0.2, 0) is 24.9 Å². The molecular formula is C21H26N6O3. The molecule has 1 aliphatic rings. The summed E-state index contributed by atoms with van der Waals surface area (Å²) in [7, 11) is 1.84. The van der Waals surface area contributed by atoms with Gasteiger partial charge in [0.15, 0.2) is 0 Å². The lowest BCUT2D eigenvalue weighted by Crippen LogP contribution is -2.34. The van der Waals surface area contributed by atoms with E-state index < -0.39 is 6.09 Å². The molecule has 3 heterocycles. The molecule has 9 nitrogen and oxygen atoms in total. The first-order valence-corrected chi connectivity index (χ1v) is 9.98. The van der Waals surface area contributed by atoms with Gasteiger partial charge in [-0.15, -0.1) is 0 Å². The van der Waals surface area contributed by atoms with E-state index in [-0.39, 0.29) is 6.61 Å². The number of anilines is 2. The van der Waals surface area contributed by atoms with Gasteiger partial charge < -0.3 is 19.4 Å². The Kier molecular flexibility index (Phi) is 5.60. The van der Waals surface area contributed by atoms with Gasteiger partial charge in [0.05, 0.1) is 42.2 Å². The Hall–Kier alpha value is -3.49. The third kappa shape index (κ3) is 4.10. The third-order valence-electron chi connectivity index (χ3n) is 5.11. The molecule has 0 atom stereocenters. The molecule has 2 aromatic heterocycles. The number of H-pyrrole nitrogens is 1. The number of amides is 1. The summed E-state index contributed by atoms with van der Waals surface area (Å²) >= 11 is 0. The molecule has 9 heteroatoms. The molecule has 0 aliphatic carbocycles. The van der Waals surface area contributed by atoms with Crippen molar-refractivity contribution >= 4 is 17.5 Å². The second kappa shape index (κ2) is 8.48. The molecule has 4 rings (SSSR count). The number of rotatable bonds is 6. The van der Waals surface area contributed by atoms with Gasteiger partial charge in [-0.3, -0.25) is 9.58 Å². The Labute approximate surface area is 175 Å². The molecule has 0 unspecified atom stereocenters. The summed E-state index contributed by atoms with van der Waals surface area (Å²) in [6, 6.07) is 7.68. The van der Waals surface area contributed by atoms with Crippen LogP contribution in [0.25, 0.3) is 0 Å². The van der Waals surface area contributed by atoms with Crippen LogP contribution >= 0.6 is 0 Å². The van der Waals surface area contributed by atoms with Gasteiger partial charge in [0.25, 0.3) is 0 Å². The quantitative estimate of drug-likeness (QED) is 0.672. The fourth-order valence-electron chi connectivity index (χ4n) is 3.60. The first kappa shape index (κ1) is 19.8. The summed E-state index contributed by atoms with van der Waals surface area (Å²) in [5.74, 6) is 0.805. The number of carbonyl (C=O) groups excluding carboxylic acids is 1. The van der Waals surface area contributed by atoms with Crippen LogP contribution in [0.2, 0.25) is 0 Å². The lowest BCUT2D eigenvalue weighted by atomic mass is 10.2. The standard InChI is InChI=1S/C21H26N6O3/c1-4-27(21(28)30-13-18-9-15(2)24-25(18)3)17-5-6-20-19(10-17)26(7-8-29-20)12-16-11-22-14-23-16/h5-6,9-11,14H,4,7-8,12-13H2,1-3H3,(H,22,23). The van der Waals surface area contributed by atoms with Crippen molar-refractivity contribution in [2.75, 3.05) is 29.5 Å². The highest BCUT2D eigenvalue weighted by Gasteiger charge is 2.23. The van der Waals surface area contributed by atoms with Gasteiger partial charge >= 0.3 is 6.09 Å². The predicted octanol–water partition coefficient (Wildman–Crippen LogP) is 3.01. The molecule has 30 heavy (non-hydrogen) atoms. The van der Waals surface area contributed by atoms with Gasteiger partial charge in [0.2, 0.25) is 0 Å². The number of imidazole rings is 1. The molecule has 1 N–H and O–H groups in total. The Bertz CT molecular complexity index is 1010. The summed E-state index contributed by atoms with van der Waals surface area (Å²) in [6.07, 6.45) is 3.09. The zero-order valence-electron chi connectivity index (χ0n) is 17.5. The second-order valence-electron chi connectivity index (χ2n) is 7.20. The van der Waals surface area contributed by atoms with Crippen molar-refractivity contribution in [2.24, 2.45) is 7.05 Å². The molecule has 1 aliphatic heterocycles. The maximum atomic E-state index is 12.8. The van der Waals surface area contributed by atoms with Gasteiger partial charge in [-0.05, 0) is 38.1 Å². The van der Waals surface area contributed by atoms with Crippen LogP contribution in [0.5, 0.6) is 5.75 Å². The molecule has 0 saturated carbocycles. The van der Waals surface area contributed by atoms with Crippen LogP contribution < -0.4 is 14.5 Å². The largest absolute Gasteiger partial charge is 0.490 e. The molecule has 158 valence electrons. The summed E-state index contributed by atoms with van der Waals surface area (Å²) in [5, 5.41) is 4.28. The maximum absolute atomic E-state index is 12.8. The molecule has 0 fully saturated rings. The highest BCUT2D eigenvalue weighted by molar-refractivity contribution is 5.89. The van der Waals surface area contributed by atoms with Crippen LogP contribution in [0.3, 0.4) is 0 Å². The maximum Gasteiger partial charge on any atom is 0.414 e. The zero-order chi connectivity index (χ0) is 21.1. The van der Waals surface area contributed by atoms with E-state index in [1.54, 1.807) is 15.9 Å². The Morgan fingerprint density at radius 2 is 2.23 bits per heavy atom. The number of aromatic nitrogens is 4. The van der Waals surface area contributed by atoms with E-state index in [1.165, 1.54) is 0 Å². The number of hydrogen-bond donors (Lipinski definition) is 1. The highest BCUT2D eigenvalue weighted by Crippen LogP contribution is 2.36. The van der Waals surface area contributed by atoms with E-state index in [1.807, 2.05) is 51.4 Å². The summed E-state index contributed by atoms with van der Waals surface area (Å²) in [5.41, 5.74) is 4.47. The number of benzene rings is 1. The molecule has 1 aromatic carbocycles. The van der Waals surface area contributed by atoms with Crippen molar-refractivity contribution < 1.29 is 14.3 Å². The first-order chi connectivity index (χ1) is 14.5. The van der Waals surface area contributed by atoms with Crippen molar-refractivity contribution in [1.29, 1.82) is 0 Å². The minimum Gasteiger partial charge on any atom is -0.490 e. The van der Waals surface area contributed by atoms with E-state index in [0.717, 1.165) is 40.8 Å². The SMILES string of the molecule is CCN(C(=O)OCc1cc(C)nn1C)c1ccc2c(c1)N(Cc1cnc[nH]1)CCO2. The number of fused-ring (bicyclic) bond motifs is 1. The van der Waals surface area contributed by atoms with Gasteiger partial charge in [-0.1, -0.05) is 0 Å². The molecule has 0 bridgehead atoms. The summed E-state index contributed by atoms with van der Waals surface area (Å²) in [6.45, 7) is 6.56. The number of ether oxygens (including phenoxy) is 2. The van der Waals surface area contributed by atoms with Crippen LogP contribution in [0, 0.1) is 6.92 Å². The average Bonchev–Trinajstić information content (AvgIpc) is 3.36. The average molecular weight is 410 g/mol. The smallest absolute Gasteiger partial charge is 0.414 e. The second-order valence-corrected chi connectivity index (χ2v) is 7.20. The first-order valence-electron chi connectivity index (χ1n) is 9.98. The summed E-state index contributed by atoms with van der Waals surface area (Å²) < 4.78 is 13.1. The molecule has 0 saturated heterocycles. The van der Waals surface area contributed by atoms with E-state index >= 15 is 0 Å². The van der Waals surface area contributed by atoms with Gasteiger partial charge in [0, 0.05) is 25.5 Å². The number of aryl methyl sites for hydroxylation is 2. The van der Waals surface area contributed by atoms with E-state index in [4.69, 9.17) is 9.47 Å². The van der Waals surface area contributed by atoms with Crippen molar-refractivity contribution in [3.8, 4) is 5.75 Å². The molecule has 1 amide bonds. The Balaban J connectivity index is 1.51.